The molecule has 146 valence electrons. The summed E-state index contributed by atoms with van der Waals surface area (Å²) in [6.07, 6.45) is -1.21. The van der Waals surface area contributed by atoms with Crippen molar-refractivity contribution in [3.63, 3.8) is 0 Å². The van der Waals surface area contributed by atoms with E-state index in [-0.39, 0.29) is 17.2 Å². The van der Waals surface area contributed by atoms with E-state index in [1.165, 1.54) is 20.1 Å². The Morgan fingerprint density at radius 2 is 1.89 bits per heavy atom. The van der Waals surface area contributed by atoms with Gasteiger partial charge in [-0.05, 0) is 42.6 Å². The summed E-state index contributed by atoms with van der Waals surface area (Å²) in [6, 6.07) is 9.78. The van der Waals surface area contributed by atoms with Crippen LogP contribution < -0.4 is 14.8 Å². The number of rotatable bonds is 9. The lowest BCUT2D eigenvalue weighted by atomic mass is 10.3. The second-order valence-corrected chi connectivity index (χ2v) is 8.37. The van der Waals surface area contributed by atoms with E-state index in [9.17, 15) is 18.0 Å². The molecule has 10 heteroatoms. The topological polar surface area (TPSA) is 111 Å². The summed E-state index contributed by atoms with van der Waals surface area (Å²) in [5, 5.41) is 4.26. The van der Waals surface area contributed by atoms with Gasteiger partial charge in [0.05, 0.1) is 13.5 Å². The van der Waals surface area contributed by atoms with Crippen LogP contribution in [0.3, 0.4) is 0 Å². The third kappa shape index (κ3) is 6.35. The average molecular weight is 412 g/mol. The second kappa shape index (κ2) is 9.49. The maximum Gasteiger partial charge on any atom is 0.307 e. The molecule has 1 atom stereocenters. The van der Waals surface area contributed by atoms with E-state index in [4.69, 9.17) is 9.47 Å². The van der Waals surface area contributed by atoms with Gasteiger partial charge in [0.1, 0.15) is 9.96 Å². The lowest BCUT2D eigenvalue weighted by Gasteiger charge is -2.14. The highest BCUT2D eigenvalue weighted by Gasteiger charge is 2.19. The molecule has 1 heterocycles. The Morgan fingerprint density at radius 1 is 1.19 bits per heavy atom. The Bertz CT molecular complexity index is 863. The van der Waals surface area contributed by atoms with E-state index >= 15 is 0 Å². The van der Waals surface area contributed by atoms with Crippen LogP contribution in [0.25, 0.3) is 0 Å². The minimum atomic E-state index is -3.63. The monoisotopic (exact) mass is 412 g/mol. The van der Waals surface area contributed by atoms with Crippen LogP contribution in [-0.4, -0.2) is 40.1 Å². The van der Waals surface area contributed by atoms with Gasteiger partial charge in [-0.1, -0.05) is 6.07 Å². The van der Waals surface area contributed by atoms with Crippen LogP contribution in [0.2, 0.25) is 0 Å². The number of carbonyl (C=O) groups is 2. The van der Waals surface area contributed by atoms with Gasteiger partial charge < -0.3 is 14.8 Å². The highest BCUT2D eigenvalue weighted by molar-refractivity contribution is 7.91. The summed E-state index contributed by atoms with van der Waals surface area (Å²) in [6.45, 7) is 1.32. The Morgan fingerprint density at radius 3 is 2.48 bits per heavy atom. The molecule has 0 saturated carbocycles. The lowest BCUT2D eigenvalue weighted by molar-refractivity contribution is -0.152. The summed E-state index contributed by atoms with van der Waals surface area (Å²) >= 11 is 1.08. The van der Waals surface area contributed by atoms with Crippen molar-refractivity contribution in [2.75, 3.05) is 19.0 Å². The molecule has 1 aromatic carbocycles. The maximum atomic E-state index is 12.1. The van der Waals surface area contributed by atoms with Crippen molar-refractivity contribution >= 4 is 38.9 Å². The van der Waals surface area contributed by atoms with Crippen LogP contribution in [0, 0.1) is 0 Å². The summed E-state index contributed by atoms with van der Waals surface area (Å²) in [5.41, 5.74) is 0.535. The first-order valence-corrected chi connectivity index (χ1v) is 10.4. The number of esters is 1. The first-order valence-electron chi connectivity index (χ1n) is 7.99. The molecule has 0 radical (unpaired) electrons. The molecule has 0 aliphatic carbocycles. The fourth-order valence-corrected chi connectivity index (χ4v) is 4.07. The minimum absolute atomic E-state index is 0.119. The van der Waals surface area contributed by atoms with Gasteiger partial charge in [0.15, 0.2) is 6.10 Å². The molecule has 27 heavy (non-hydrogen) atoms. The Balaban J connectivity index is 1.76. The number of nitrogens with one attached hydrogen (secondary N) is 2. The predicted molar refractivity (Wildman–Crippen MR) is 101 cm³/mol. The van der Waals surface area contributed by atoms with Crippen molar-refractivity contribution in [3.05, 3.63) is 41.8 Å². The first kappa shape index (κ1) is 20.9. The van der Waals surface area contributed by atoms with E-state index in [0.717, 1.165) is 11.3 Å². The van der Waals surface area contributed by atoms with E-state index < -0.39 is 28.0 Å². The van der Waals surface area contributed by atoms with Crippen molar-refractivity contribution in [2.45, 2.75) is 23.7 Å². The number of anilines is 1. The van der Waals surface area contributed by atoms with Gasteiger partial charge >= 0.3 is 5.97 Å². The number of hydrogen-bond acceptors (Lipinski definition) is 7. The number of ether oxygens (including phenoxy) is 2. The minimum Gasteiger partial charge on any atom is -0.497 e. The second-order valence-electron chi connectivity index (χ2n) is 5.43. The molecule has 2 rings (SSSR count). The van der Waals surface area contributed by atoms with Crippen LogP contribution >= 0.6 is 11.3 Å². The van der Waals surface area contributed by atoms with Crippen LogP contribution in [0.5, 0.6) is 5.75 Å². The zero-order valence-corrected chi connectivity index (χ0v) is 16.4. The quantitative estimate of drug-likeness (QED) is 0.610. The highest BCUT2D eigenvalue weighted by atomic mass is 32.2. The van der Waals surface area contributed by atoms with E-state index in [1.807, 2.05) is 0 Å². The number of thiophene rings is 1. The number of methoxy groups -OCH3 is 1. The summed E-state index contributed by atoms with van der Waals surface area (Å²) in [4.78, 5) is 23.9. The zero-order valence-electron chi connectivity index (χ0n) is 14.8. The van der Waals surface area contributed by atoms with Crippen LogP contribution in [0.15, 0.2) is 46.0 Å². The molecule has 2 N–H and O–H groups in total. The van der Waals surface area contributed by atoms with Crippen LogP contribution in [0.1, 0.15) is 13.3 Å². The highest BCUT2D eigenvalue weighted by Crippen LogP contribution is 2.16. The normalized spacial score (nSPS) is 12.2. The average Bonchev–Trinajstić information content (AvgIpc) is 3.17. The van der Waals surface area contributed by atoms with E-state index in [1.54, 1.807) is 35.7 Å². The number of benzene rings is 1. The van der Waals surface area contributed by atoms with Gasteiger partial charge in [0, 0.05) is 12.2 Å². The largest absolute Gasteiger partial charge is 0.497 e. The van der Waals surface area contributed by atoms with Gasteiger partial charge in [0.2, 0.25) is 10.0 Å². The van der Waals surface area contributed by atoms with Crippen molar-refractivity contribution in [1.82, 2.24) is 4.72 Å². The molecular weight excluding hydrogens is 392 g/mol. The first-order chi connectivity index (χ1) is 12.8. The number of amides is 1. The Kier molecular flexibility index (Phi) is 7.34. The molecule has 0 spiro atoms. The Labute approximate surface area is 161 Å². The molecule has 0 fully saturated rings. The molecule has 1 aromatic heterocycles. The van der Waals surface area contributed by atoms with Crippen molar-refractivity contribution in [2.24, 2.45) is 0 Å². The molecule has 1 amide bonds. The molecule has 8 nitrogen and oxygen atoms in total. The van der Waals surface area contributed by atoms with E-state index in [0.29, 0.717) is 11.4 Å². The van der Waals surface area contributed by atoms with Crippen molar-refractivity contribution in [3.8, 4) is 5.75 Å². The molecule has 2 aromatic rings. The Hall–Kier alpha value is -2.43. The maximum absolute atomic E-state index is 12.1. The van der Waals surface area contributed by atoms with Crippen molar-refractivity contribution < 1.29 is 27.5 Å². The fraction of sp³-hybridized carbons (Fsp3) is 0.294. The van der Waals surface area contributed by atoms with Gasteiger partial charge in [0.25, 0.3) is 5.91 Å². The summed E-state index contributed by atoms with van der Waals surface area (Å²) in [5.74, 6) is -0.522. The molecular formula is C17H20N2O6S2. The SMILES string of the molecule is COc1ccc(NC(=O)[C@@H](C)OC(=O)CCNS(=O)(=O)c2cccs2)cc1. The van der Waals surface area contributed by atoms with Gasteiger partial charge in [-0.25, -0.2) is 13.1 Å². The lowest BCUT2D eigenvalue weighted by Crippen LogP contribution is -2.31. The summed E-state index contributed by atoms with van der Waals surface area (Å²) in [7, 11) is -2.10. The number of sulfonamides is 1. The van der Waals surface area contributed by atoms with Gasteiger partial charge in [-0.3, -0.25) is 9.59 Å². The molecule has 0 saturated heterocycles. The van der Waals surface area contributed by atoms with Gasteiger partial charge in [-0.2, -0.15) is 0 Å². The summed E-state index contributed by atoms with van der Waals surface area (Å²) < 4.78 is 36.4. The van der Waals surface area contributed by atoms with Crippen molar-refractivity contribution in [1.29, 1.82) is 0 Å². The molecule has 0 bridgehead atoms. The molecule has 0 aliphatic rings. The predicted octanol–water partition coefficient (Wildman–Crippen LogP) is 2.00. The third-order valence-electron chi connectivity index (χ3n) is 3.42. The molecule has 0 aliphatic heterocycles. The number of hydrogen-bond donors (Lipinski definition) is 2. The van der Waals surface area contributed by atoms with E-state index in [2.05, 4.69) is 10.0 Å². The smallest absolute Gasteiger partial charge is 0.307 e. The standard InChI is InChI=1S/C17H20N2O6S2/c1-12(17(21)19-13-5-7-14(24-2)8-6-13)25-15(20)9-10-18-27(22,23)16-4-3-11-26-16/h3-8,11-12,18H,9-10H2,1-2H3,(H,19,21)/t12-/m1/s1. The molecule has 0 unspecified atom stereocenters. The van der Waals surface area contributed by atoms with Crippen LogP contribution in [-0.2, 0) is 24.3 Å². The number of carbonyl (C=O) groups excluding carboxylic acids is 2. The van der Waals surface area contributed by atoms with Crippen LogP contribution in [0.4, 0.5) is 5.69 Å². The fourth-order valence-electron chi connectivity index (χ4n) is 2.00. The zero-order chi connectivity index (χ0) is 19.9. The third-order valence-corrected chi connectivity index (χ3v) is 6.27. The van der Waals surface area contributed by atoms with Gasteiger partial charge in [-0.15, -0.1) is 11.3 Å².